The summed E-state index contributed by atoms with van der Waals surface area (Å²) in [5.41, 5.74) is 1.15. The van der Waals surface area contributed by atoms with E-state index in [4.69, 9.17) is 20.8 Å². The first-order valence-electron chi connectivity index (χ1n) is 9.51. The highest BCUT2D eigenvalue weighted by Crippen LogP contribution is 2.29. The Balaban J connectivity index is 1.89. The van der Waals surface area contributed by atoms with E-state index < -0.39 is 18.7 Å². The lowest BCUT2D eigenvalue weighted by molar-refractivity contribution is 0.0794. The van der Waals surface area contributed by atoms with E-state index in [-0.39, 0.29) is 33.7 Å². The van der Waals surface area contributed by atoms with Gasteiger partial charge in [-0.25, -0.2) is 28.2 Å². The van der Waals surface area contributed by atoms with Crippen LogP contribution in [0.5, 0.6) is 5.88 Å². The Morgan fingerprint density at radius 3 is 2.88 bits per heavy atom. The first-order valence-corrected chi connectivity index (χ1v) is 9.89. The van der Waals surface area contributed by atoms with Gasteiger partial charge in [0.05, 0.1) is 22.1 Å². The Morgan fingerprint density at radius 2 is 2.15 bits per heavy atom. The van der Waals surface area contributed by atoms with Gasteiger partial charge in [0.15, 0.2) is 12.4 Å². The predicted octanol–water partition coefficient (Wildman–Crippen LogP) is 4.02. The van der Waals surface area contributed by atoms with Crippen LogP contribution in [-0.2, 0) is 4.84 Å². The second kappa shape index (κ2) is 9.33. The molecule has 0 atom stereocenters. The van der Waals surface area contributed by atoms with Crippen LogP contribution in [0.25, 0.3) is 28.3 Å². The highest BCUT2D eigenvalue weighted by molar-refractivity contribution is 6.32. The van der Waals surface area contributed by atoms with Gasteiger partial charge in [0, 0.05) is 12.3 Å². The van der Waals surface area contributed by atoms with E-state index in [9.17, 15) is 13.6 Å². The molecule has 0 radical (unpaired) electrons. The highest BCUT2D eigenvalue weighted by Gasteiger charge is 2.21. The fraction of sp³-hybridized carbons (Fsp3) is 0.190. The molecule has 0 aliphatic carbocycles. The van der Waals surface area contributed by atoms with Gasteiger partial charge in [-0.1, -0.05) is 16.8 Å². The van der Waals surface area contributed by atoms with Gasteiger partial charge in [-0.3, -0.25) is 0 Å². The molecule has 33 heavy (non-hydrogen) atoms. The van der Waals surface area contributed by atoms with Gasteiger partial charge < -0.3 is 14.0 Å². The standard InChI is InChI=1S/C21H16ClF2N5O4/c1-11-6-12(9-26-31-2)7-13-18(11)27-20(33-21(13)30)15-8-17(32-10-16(23)24)28-29(15)19-14(22)4-3-5-25-19/h3-9,16H,10H2,1-2H3. The number of ether oxygens (including phenoxy) is 1. The zero-order valence-electron chi connectivity index (χ0n) is 17.3. The van der Waals surface area contributed by atoms with Crippen LogP contribution in [0, 0.1) is 6.92 Å². The maximum Gasteiger partial charge on any atom is 0.347 e. The number of fused-ring (bicyclic) bond motifs is 1. The predicted molar refractivity (Wildman–Crippen MR) is 116 cm³/mol. The number of aryl methyl sites for hydroxylation is 1. The highest BCUT2D eigenvalue weighted by atomic mass is 35.5. The summed E-state index contributed by atoms with van der Waals surface area (Å²) in [5.74, 6) is -0.0807. The van der Waals surface area contributed by atoms with Crippen molar-refractivity contribution >= 4 is 28.7 Å². The molecule has 0 aliphatic rings. The maximum absolute atomic E-state index is 12.8. The van der Waals surface area contributed by atoms with Crippen LogP contribution in [0.15, 0.2) is 50.9 Å². The van der Waals surface area contributed by atoms with Crippen molar-refractivity contribution in [3.8, 4) is 23.3 Å². The number of hydrogen-bond acceptors (Lipinski definition) is 8. The summed E-state index contributed by atoms with van der Waals surface area (Å²) < 4.78 is 37.0. The Morgan fingerprint density at radius 1 is 1.33 bits per heavy atom. The van der Waals surface area contributed by atoms with Gasteiger partial charge in [-0.05, 0) is 42.3 Å². The molecular formula is C21H16ClF2N5O4. The smallest absolute Gasteiger partial charge is 0.347 e. The molecule has 1 aromatic carbocycles. The number of nitrogens with zero attached hydrogens (tertiary/aromatic N) is 5. The van der Waals surface area contributed by atoms with Crippen LogP contribution in [0.3, 0.4) is 0 Å². The van der Waals surface area contributed by atoms with Gasteiger partial charge in [-0.15, -0.1) is 5.10 Å². The summed E-state index contributed by atoms with van der Waals surface area (Å²) in [7, 11) is 1.41. The molecule has 0 saturated heterocycles. The molecular weight excluding hydrogens is 460 g/mol. The Labute approximate surface area is 190 Å². The number of oxime groups is 1. The average Bonchev–Trinajstić information content (AvgIpc) is 3.21. The van der Waals surface area contributed by atoms with Gasteiger partial charge in [-0.2, -0.15) is 0 Å². The molecule has 12 heteroatoms. The van der Waals surface area contributed by atoms with Crippen molar-refractivity contribution in [1.29, 1.82) is 0 Å². The third-order valence-corrected chi connectivity index (χ3v) is 4.75. The fourth-order valence-electron chi connectivity index (χ4n) is 3.10. The first-order chi connectivity index (χ1) is 15.9. The molecule has 0 N–H and O–H groups in total. The van der Waals surface area contributed by atoms with E-state index in [1.807, 2.05) is 0 Å². The monoisotopic (exact) mass is 475 g/mol. The van der Waals surface area contributed by atoms with Gasteiger partial charge in [0.2, 0.25) is 11.8 Å². The zero-order chi connectivity index (χ0) is 23.5. The summed E-state index contributed by atoms with van der Waals surface area (Å²) in [5, 5.41) is 8.30. The molecule has 170 valence electrons. The molecule has 0 amide bonds. The van der Waals surface area contributed by atoms with Crippen molar-refractivity contribution in [3.05, 3.63) is 63.1 Å². The Hall–Kier alpha value is -3.86. The van der Waals surface area contributed by atoms with Crippen molar-refractivity contribution in [1.82, 2.24) is 19.7 Å². The van der Waals surface area contributed by atoms with E-state index >= 15 is 0 Å². The van der Waals surface area contributed by atoms with Crippen LogP contribution >= 0.6 is 11.6 Å². The topological polar surface area (TPSA) is 105 Å². The summed E-state index contributed by atoms with van der Waals surface area (Å²) in [4.78, 5) is 26.1. The number of pyridine rings is 1. The minimum absolute atomic E-state index is 0.116. The molecule has 9 nitrogen and oxygen atoms in total. The van der Waals surface area contributed by atoms with Gasteiger partial charge in [0.25, 0.3) is 6.43 Å². The lowest BCUT2D eigenvalue weighted by Crippen LogP contribution is -2.09. The zero-order valence-corrected chi connectivity index (χ0v) is 18.1. The first kappa shape index (κ1) is 22.3. The van der Waals surface area contributed by atoms with Crippen LogP contribution < -0.4 is 10.4 Å². The van der Waals surface area contributed by atoms with Crippen molar-refractivity contribution in [2.45, 2.75) is 13.3 Å². The third-order valence-electron chi connectivity index (χ3n) is 4.46. The van der Waals surface area contributed by atoms with Crippen molar-refractivity contribution < 1.29 is 22.8 Å². The van der Waals surface area contributed by atoms with E-state index in [0.717, 1.165) is 0 Å². The van der Waals surface area contributed by atoms with Crippen LogP contribution in [0.1, 0.15) is 11.1 Å². The molecule has 4 aromatic rings. The van der Waals surface area contributed by atoms with Crippen LogP contribution in [0.2, 0.25) is 5.02 Å². The molecule has 3 heterocycles. The molecule has 0 spiro atoms. The number of aromatic nitrogens is 4. The van der Waals surface area contributed by atoms with Gasteiger partial charge >= 0.3 is 5.63 Å². The number of halogens is 3. The van der Waals surface area contributed by atoms with E-state index in [1.165, 1.54) is 30.3 Å². The van der Waals surface area contributed by atoms with E-state index in [1.54, 1.807) is 31.2 Å². The Kier molecular flexibility index (Phi) is 6.31. The fourth-order valence-corrected chi connectivity index (χ4v) is 3.30. The van der Waals surface area contributed by atoms with Crippen molar-refractivity contribution in [2.75, 3.05) is 13.7 Å². The SMILES string of the molecule is CON=Cc1cc(C)c2nc(-c3cc(OCC(F)F)nn3-c3ncccc3Cl)oc(=O)c2c1. The lowest BCUT2D eigenvalue weighted by Gasteiger charge is -2.08. The average molecular weight is 476 g/mol. The number of rotatable bonds is 7. The quantitative estimate of drug-likeness (QED) is 0.293. The van der Waals surface area contributed by atoms with Crippen LogP contribution in [-0.4, -0.2) is 46.1 Å². The number of alkyl halides is 2. The number of benzene rings is 1. The van der Waals surface area contributed by atoms with Crippen molar-refractivity contribution in [3.63, 3.8) is 0 Å². The lowest BCUT2D eigenvalue weighted by atomic mass is 10.1. The summed E-state index contributed by atoms with van der Waals surface area (Å²) >= 11 is 6.25. The van der Waals surface area contributed by atoms with Crippen molar-refractivity contribution in [2.24, 2.45) is 5.16 Å². The Bertz CT molecular complexity index is 1400. The minimum Gasteiger partial charge on any atom is -0.471 e. The second-order valence-electron chi connectivity index (χ2n) is 6.75. The summed E-state index contributed by atoms with van der Waals surface area (Å²) in [6, 6.07) is 7.85. The van der Waals surface area contributed by atoms with E-state index in [0.29, 0.717) is 16.6 Å². The molecule has 0 fully saturated rings. The molecule has 0 aliphatic heterocycles. The minimum atomic E-state index is -2.70. The van der Waals surface area contributed by atoms with Gasteiger partial charge in [0.1, 0.15) is 12.8 Å². The van der Waals surface area contributed by atoms with E-state index in [2.05, 4.69) is 25.1 Å². The summed E-state index contributed by atoms with van der Waals surface area (Å²) in [6.45, 7) is 0.902. The third kappa shape index (κ3) is 4.67. The second-order valence-corrected chi connectivity index (χ2v) is 7.16. The maximum atomic E-state index is 12.8. The number of hydrogen-bond donors (Lipinski definition) is 0. The molecule has 4 rings (SSSR count). The van der Waals surface area contributed by atoms with Crippen LogP contribution in [0.4, 0.5) is 8.78 Å². The molecule has 0 unspecified atom stereocenters. The molecule has 3 aromatic heterocycles. The normalized spacial score (nSPS) is 11.6. The largest absolute Gasteiger partial charge is 0.471 e. The molecule has 0 saturated carbocycles. The summed E-state index contributed by atoms with van der Waals surface area (Å²) in [6.07, 6.45) is 0.223. The molecule has 0 bridgehead atoms.